The van der Waals surface area contributed by atoms with Crippen LogP contribution in [0.4, 0.5) is 0 Å². The van der Waals surface area contributed by atoms with Crippen molar-refractivity contribution in [3.8, 4) is 0 Å². The van der Waals surface area contributed by atoms with E-state index in [2.05, 4.69) is 18.8 Å². The van der Waals surface area contributed by atoms with E-state index in [-0.39, 0.29) is 35.5 Å². The Labute approximate surface area is 146 Å². The van der Waals surface area contributed by atoms with Crippen LogP contribution in [0, 0.1) is 0 Å². The van der Waals surface area contributed by atoms with Gasteiger partial charge in [0.15, 0.2) is 5.96 Å². The number of halogens is 1. The van der Waals surface area contributed by atoms with Gasteiger partial charge >= 0.3 is 5.97 Å². The van der Waals surface area contributed by atoms with E-state index in [0.29, 0.717) is 12.4 Å². The molecule has 0 aliphatic heterocycles. The fraction of sp³-hybridized carbons (Fsp3) is 0.867. The number of aliphatic imine (C=N–C) groups is 1. The standard InChI is InChI=1S/C15H31N3O2.HI/c1-6-18(7-2)14(16)17-12-10-8-9-11-13(19)20-15(3,4)5;/h6-12H2,1-5H3,(H2,16,17);1H. The molecule has 0 atom stereocenters. The van der Waals surface area contributed by atoms with Crippen LogP contribution in [0.2, 0.25) is 0 Å². The number of nitrogens with two attached hydrogens (primary N) is 1. The molecule has 2 N–H and O–H groups in total. The average molecular weight is 413 g/mol. The minimum atomic E-state index is -0.389. The first-order valence-corrected chi connectivity index (χ1v) is 7.56. The Balaban J connectivity index is 0. The Morgan fingerprint density at radius 2 is 1.71 bits per heavy atom. The van der Waals surface area contributed by atoms with Gasteiger partial charge < -0.3 is 15.4 Å². The van der Waals surface area contributed by atoms with Gasteiger partial charge in [0.05, 0.1) is 0 Å². The molecule has 0 fully saturated rings. The van der Waals surface area contributed by atoms with Crippen LogP contribution in [0.1, 0.15) is 60.3 Å². The van der Waals surface area contributed by atoms with E-state index >= 15 is 0 Å². The van der Waals surface area contributed by atoms with Crippen LogP contribution in [0.25, 0.3) is 0 Å². The number of nitrogens with zero attached hydrogens (tertiary/aromatic N) is 2. The minimum Gasteiger partial charge on any atom is -0.460 e. The maximum Gasteiger partial charge on any atom is 0.306 e. The van der Waals surface area contributed by atoms with Crippen molar-refractivity contribution in [3.05, 3.63) is 0 Å². The van der Waals surface area contributed by atoms with Crippen LogP contribution in [-0.2, 0) is 9.53 Å². The summed E-state index contributed by atoms with van der Waals surface area (Å²) in [6, 6.07) is 0. The molecule has 5 nitrogen and oxygen atoms in total. The summed E-state index contributed by atoms with van der Waals surface area (Å²) in [7, 11) is 0. The number of hydrogen-bond donors (Lipinski definition) is 1. The largest absolute Gasteiger partial charge is 0.460 e. The lowest BCUT2D eigenvalue weighted by molar-refractivity contribution is -0.154. The maximum absolute atomic E-state index is 11.5. The van der Waals surface area contributed by atoms with Crippen LogP contribution in [0.15, 0.2) is 4.99 Å². The summed E-state index contributed by atoms with van der Waals surface area (Å²) in [6.07, 6.45) is 3.24. The molecule has 0 radical (unpaired) electrons. The Morgan fingerprint density at radius 3 is 2.19 bits per heavy atom. The first-order chi connectivity index (χ1) is 9.30. The van der Waals surface area contributed by atoms with E-state index in [1.54, 1.807) is 0 Å². The summed E-state index contributed by atoms with van der Waals surface area (Å²) in [5, 5.41) is 0. The Hall–Kier alpha value is -0.530. The molecule has 0 aliphatic rings. The number of rotatable bonds is 8. The van der Waals surface area contributed by atoms with Crippen LogP contribution >= 0.6 is 24.0 Å². The van der Waals surface area contributed by atoms with E-state index in [1.807, 2.05) is 25.7 Å². The first-order valence-electron chi connectivity index (χ1n) is 7.56. The number of unbranched alkanes of at least 4 members (excludes halogenated alkanes) is 2. The zero-order chi connectivity index (χ0) is 15.6. The summed E-state index contributed by atoms with van der Waals surface area (Å²) < 4.78 is 5.25. The normalized spacial score (nSPS) is 11.8. The molecule has 0 aromatic heterocycles. The smallest absolute Gasteiger partial charge is 0.306 e. The van der Waals surface area contributed by atoms with Crippen molar-refractivity contribution in [3.63, 3.8) is 0 Å². The topological polar surface area (TPSA) is 67.9 Å². The number of carbonyl (C=O) groups excluding carboxylic acids is 1. The molecule has 0 saturated carbocycles. The van der Waals surface area contributed by atoms with Gasteiger partial charge in [-0.25, -0.2) is 0 Å². The molecule has 126 valence electrons. The van der Waals surface area contributed by atoms with Gasteiger partial charge in [-0.15, -0.1) is 24.0 Å². The van der Waals surface area contributed by atoms with Gasteiger partial charge in [-0.05, 0) is 47.5 Å². The average Bonchev–Trinajstić information content (AvgIpc) is 2.32. The zero-order valence-corrected chi connectivity index (χ0v) is 16.5. The van der Waals surface area contributed by atoms with E-state index in [4.69, 9.17) is 10.5 Å². The second-order valence-electron chi connectivity index (χ2n) is 5.81. The number of guanidine groups is 1. The monoisotopic (exact) mass is 413 g/mol. The van der Waals surface area contributed by atoms with Crippen LogP contribution in [-0.4, -0.2) is 42.1 Å². The fourth-order valence-electron chi connectivity index (χ4n) is 1.79. The van der Waals surface area contributed by atoms with Gasteiger partial charge in [0.1, 0.15) is 5.60 Å². The molecule has 0 rings (SSSR count). The fourth-order valence-corrected chi connectivity index (χ4v) is 1.79. The molecule has 6 heteroatoms. The Morgan fingerprint density at radius 1 is 1.14 bits per heavy atom. The van der Waals surface area contributed by atoms with Crippen molar-refractivity contribution in [2.45, 2.75) is 65.9 Å². The zero-order valence-electron chi connectivity index (χ0n) is 14.1. The molecule has 21 heavy (non-hydrogen) atoms. The lowest BCUT2D eigenvalue weighted by Gasteiger charge is -2.19. The number of esters is 1. The molecule has 0 spiro atoms. The van der Waals surface area contributed by atoms with E-state index < -0.39 is 0 Å². The van der Waals surface area contributed by atoms with Gasteiger partial charge in [-0.1, -0.05) is 6.42 Å². The third kappa shape index (κ3) is 12.9. The maximum atomic E-state index is 11.5. The highest BCUT2D eigenvalue weighted by Crippen LogP contribution is 2.10. The second-order valence-corrected chi connectivity index (χ2v) is 5.81. The first kappa shape index (κ1) is 22.7. The third-order valence-corrected chi connectivity index (χ3v) is 2.82. The van der Waals surface area contributed by atoms with Gasteiger partial charge in [-0.2, -0.15) is 0 Å². The molecule has 0 heterocycles. The highest BCUT2D eigenvalue weighted by Gasteiger charge is 2.15. The van der Waals surface area contributed by atoms with E-state index in [1.165, 1.54) is 0 Å². The predicted octanol–water partition coefficient (Wildman–Crippen LogP) is 3.16. The van der Waals surface area contributed by atoms with Gasteiger partial charge in [0.25, 0.3) is 0 Å². The number of ether oxygens (including phenoxy) is 1. The van der Waals surface area contributed by atoms with Crippen molar-refractivity contribution >= 4 is 35.9 Å². The molecule has 0 bridgehead atoms. The van der Waals surface area contributed by atoms with Crippen molar-refractivity contribution in [2.24, 2.45) is 10.7 Å². The summed E-state index contributed by atoms with van der Waals surface area (Å²) >= 11 is 0. The lowest BCUT2D eigenvalue weighted by atomic mass is 10.1. The summed E-state index contributed by atoms with van der Waals surface area (Å²) in [4.78, 5) is 17.9. The molecule has 0 unspecified atom stereocenters. The lowest BCUT2D eigenvalue weighted by Crippen LogP contribution is -2.37. The molecular weight excluding hydrogens is 381 g/mol. The molecule has 0 amide bonds. The molecule has 0 aromatic carbocycles. The quantitative estimate of drug-likeness (QED) is 0.218. The van der Waals surface area contributed by atoms with E-state index in [0.717, 1.165) is 38.9 Å². The van der Waals surface area contributed by atoms with Crippen molar-refractivity contribution in [1.82, 2.24) is 4.90 Å². The van der Waals surface area contributed by atoms with E-state index in [9.17, 15) is 4.79 Å². The molecular formula is C15H32IN3O2. The summed E-state index contributed by atoms with van der Waals surface area (Å²) in [5.41, 5.74) is 5.48. The van der Waals surface area contributed by atoms with Crippen molar-refractivity contribution in [2.75, 3.05) is 19.6 Å². The Kier molecular flexibility index (Phi) is 13.1. The molecule has 0 aliphatic carbocycles. The summed E-state index contributed by atoms with van der Waals surface area (Å²) in [5.74, 6) is 0.491. The molecule has 0 saturated heterocycles. The number of carbonyl (C=O) groups is 1. The van der Waals surface area contributed by atoms with Gasteiger partial charge in [-0.3, -0.25) is 9.79 Å². The minimum absolute atomic E-state index is 0. The van der Waals surface area contributed by atoms with Gasteiger partial charge in [0.2, 0.25) is 0 Å². The van der Waals surface area contributed by atoms with Crippen LogP contribution in [0.3, 0.4) is 0 Å². The Bertz CT molecular complexity index is 311. The van der Waals surface area contributed by atoms with Crippen LogP contribution in [0.5, 0.6) is 0 Å². The predicted molar refractivity (Wildman–Crippen MR) is 99.1 cm³/mol. The van der Waals surface area contributed by atoms with Crippen LogP contribution < -0.4 is 5.73 Å². The highest BCUT2D eigenvalue weighted by atomic mass is 127. The van der Waals surface area contributed by atoms with Crippen molar-refractivity contribution < 1.29 is 9.53 Å². The summed E-state index contributed by atoms with van der Waals surface area (Å²) in [6.45, 7) is 12.3. The van der Waals surface area contributed by atoms with Crippen molar-refractivity contribution in [1.29, 1.82) is 0 Å². The second kappa shape index (κ2) is 12.1. The van der Waals surface area contributed by atoms with Gasteiger partial charge in [0, 0.05) is 26.1 Å². The third-order valence-electron chi connectivity index (χ3n) is 2.82. The SMILES string of the molecule is CCN(CC)C(N)=NCCCCCC(=O)OC(C)(C)C.I. The molecule has 0 aromatic rings. The number of hydrogen-bond acceptors (Lipinski definition) is 3. The highest BCUT2D eigenvalue weighted by molar-refractivity contribution is 14.0.